The zero-order chi connectivity index (χ0) is 11.3. The van der Waals surface area contributed by atoms with Crippen LogP contribution in [0.4, 0.5) is 0 Å². The van der Waals surface area contributed by atoms with Crippen LogP contribution in [0.15, 0.2) is 0 Å². The average molecular weight is 286 g/mol. The molecule has 1 rings (SSSR count). The second-order valence-corrected chi connectivity index (χ2v) is 4.46. The number of rotatable bonds is 5. The zero-order valence-electron chi connectivity index (χ0n) is 10.7. The van der Waals surface area contributed by atoms with Gasteiger partial charge in [0.25, 0.3) is 0 Å². The standard InChI is InChI=1S/C11H23N3O.2ClH/c1-3-5-13(2)8-10-4-6-14(9-10)11(15)7-12;;/h10H,3-9,12H2,1-2H3;2*1H. The zero-order valence-corrected chi connectivity index (χ0v) is 12.4. The average Bonchev–Trinajstić information content (AvgIpc) is 2.65. The third kappa shape index (κ3) is 6.46. The van der Waals surface area contributed by atoms with Crippen molar-refractivity contribution in [3.63, 3.8) is 0 Å². The summed E-state index contributed by atoms with van der Waals surface area (Å²) in [6, 6.07) is 0. The summed E-state index contributed by atoms with van der Waals surface area (Å²) < 4.78 is 0. The van der Waals surface area contributed by atoms with E-state index in [0.29, 0.717) is 5.92 Å². The third-order valence-electron chi connectivity index (χ3n) is 2.99. The molecule has 17 heavy (non-hydrogen) atoms. The minimum atomic E-state index is 0. The fraction of sp³-hybridized carbons (Fsp3) is 0.909. The quantitative estimate of drug-likeness (QED) is 0.819. The van der Waals surface area contributed by atoms with Gasteiger partial charge in [-0.1, -0.05) is 6.92 Å². The van der Waals surface area contributed by atoms with Crippen molar-refractivity contribution in [2.75, 3.05) is 39.8 Å². The number of nitrogens with zero attached hydrogens (tertiary/aromatic N) is 2. The van der Waals surface area contributed by atoms with E-state index in [1.54, 1.807) is 0 Å². The lowest BCUT2D eigenvalue weighted by molar-refractivity contribution is -0.128. The van der Waals surface area contributed by atoms with Crippen molar-refractivity contribution >= 4 is 30.7 Å². The largest absolute Gasteiger partial charge is 0.341 e. The monoisotopic (exact) mass is 285 g/mol. The van der Waals surface area contributed by atoms with Crippen molar-refractivity contribution in [2.24, 2.45) is 11.7 Å². The minimum absolute atomic E-state index is 0. The second kappa shape index (κ2) is 9.95. The predicted octanol–water partition coefficient (Wildman–Crippen LogP) is 0.979. The Morgan fingerprint density at radius 3 is 2.65 bits per heavy atom. The summed E-state index contributed by atoms with van der Waals surface area (Å²) in [5.74, 6) is 0.729. The maximum Gasteiger partial charge on any atom is 0.236 e. The molecule has 1 aliphatic heterocycles. The van der Waals surface area contributed by atoms with Gasteiger partial charge in [0, 0.05) is 19.6 Å². The Kier molecular flexibility index (Phi) is 11.3. The first-order valence-corrected chi connectivity index (χ1v) is 5.83. The third-order valence-corrected chi connectivity index (χ3v) is 2.99. The molecule has 0 radical (unpaired) electrons. The number of carbonyl (C=O) groups excluding carboxylic acids is 1. The van der Waals surface area contributed by atoms with E-state index < -0.39 is 0 Å². The van der Waals surface area contributed by atoms with Gasteiger partial charge < -0.3 is 15.5 Å². The Morgan fingerprint density at radius 1 is 1.47 bits per heavy atom. The van der Waals surface area contributed by atoms with Crippen LogP contribution in [-0.2, 0) is 4.79 Å². The lowest BCUT2D eigenvalue weighted by Crippen LogP contribution is -2.35. The smallest absolute Gasteiger partial charge is 0.236 e. The molecule has 0 aromatic heterocycles. The molecule has 2 N–H and O–H groups in total. The molecule has 1 aliphatic rings. The van der Waals surface area contributed by atoms with Gasteiger partial charge in [0.1, 0.15) is 0 Å². The molecule has 0 spiro atoms. The highest BCUT2D eigenvalue weighted by Crippen LogP contribution is 2.16. The maximum absolute atomic E-state index is 11.4. The molecule has 4 nitrogen and oxygen atoms in total. The van der Waals surface area contributed by atoms with E-state index in [-0.39, 0.29) is 37.3 Å². The van der Waals surface area contributed by atoms with Gasteiger partial charge >= 0.3 is 0 Å². The van der Waals surface area contributed by atoms with E-state index in [1.165, 1.54) is 6.42 Å². The van der Waals surface area contributed by atoms with Crippen molar-refractivity contribution in [3.05, 3.63) is 0 Å². The molecular weight excluding hydrogens is 261 g/mol. The second-order valence-electron chi connectivity index (χ2n) is 4.46. The van der Waals surface area contributed by atoms with Crippen LogP contribution in [0.5, 0.6) is 0 Å². The fourth-order valence-corrected chi connectivity index (χ4v) is 2.25. The van der Waals surface area contributed by atoms with E-state index in [9.17, 15) is 4.79 Å². The molecule has 0 saturated carbocycles. The van der Waals surface area contributed by atoms with E-state index >= 15 is 0 Å². The van der Waals surface area contributed by atoms with Crippen LogP contribution in [0.1, 0.15) is 19.8 Å². The van der Waals surface area contributed by atoms with Crippen molar-refractivity contribution in [3.8, 4) is 0 Å². The van der Waals surface area contributed by atoms with Crippen molar-refractivity contribution in [1.29, 1.82) is 0 Å². The number of hydrogen-bond acceptors (Lipinski definition) is 3. The summed E-state index contributed by atoms with van der Waals surface area (Å²) in [6.45, 7) is 6.36. The number of nitrogens with two attached hydrogens (primary N) is 1. The molecule has 0 aromatic carbocycles. The SMILES string of the molecule is CCCN(C)CC1CCN(C(=O)CN)C1.Cl.Cl. The van der Waals surface area contributed by atoms with Gasteiger partial charge in [0.15, 0.2) is 0 Å². The molecular formula is C11H25Cl2N3O. The molecule has 0 aromatic rings. The first-order chi connectivity index (χ1) is 7.17. The summed E-state index contributed by atoms with van der Waals surface area (Å²) in [7, 11) is 2.15. The summed E-state index contributed by atoms with van der Waals surface area (Å²) in [5.41, 5.74) is 5.34. The van der Waals surface area contributed by atoms with Crippen LogP contribution in [0.25, 0.3) is 0 Å². The van der Waals surface area contributed by atoms with Crippen LogP contribution in [0.3, 0.4) is 0 Å². The summed E-state index contributed by atoms with van der Waals surface area (Å²) in [4.78, 5) is 15.6. The van der Waals surface area contributed by atoms with E-state index in [1.807, 2.05) is 4.90 Å². The molecule has 1 saturated heterocycles. The highest BCUT2D eigenvalue weighted by molar-refractivity contribution is 5.85. The highest BCUT2D eigenvalue weighted by atomic mass is 35.5. The lowest BCUT2D eigenvalue weighted by atomic mass is 10.1. The Morgan fingerprint density at radius 2 is 2.12 bits per heavy atom. The summed E-state index contributed by atoms with van der Waals surface area (Å²) >= 11 is 0. The lowest BCUT2D eigenvalue weighted by Gasteiger charge is -2.20. The number of halogens is 2. The molecule has 1 atom stereocenters. The molecule has 1 unspecified atom stereocenters. The van der Waals surface area contributed by atoms with Gasteiger partial charge in [-0.2, -0.15) is 0 Å². The molecule has 0 aliphatic carbocycles. The fourth-order valence-electron chi connectivity index (χ4n) is 2.25. The molecule has 6 heteroatoms. The Hall–Kier alpha value is -0.0300. The predicted molar refractivity (Wildman–Crippen MR) is 76.0 cm³/mol. The van der Waals surface area contributed by atoms with Crippen LogP contribution in [-0.4, -0.2) is 55.5 Å². The van der Waals surface area contributed by atoms with Crippen LogP contribution >= 0.6 is 24.8 Å². The van der Waals surface area contributed by atoms with Crippen molar-refractivity contribution in [1.82, 2.24) is 9.80 Å². The van der Waals surface area contributed by atoms with Crippen LogP contribution in [0, 0.1) is 5.92 Å². The normalized spacial score (nSPS) is 18.8. The van der Waals surface area contributed by atoms with Crippen LogP contribution < -0.4 is 5.73 Å². The molecule has 0 bridgehead atoms. The number of likely N-dealkylation sites (tertiary alicyclic amines) is 1. The first-order valence-electron chi connectivity index (χ1n) is 5.83. The maximum atomic E-state index is 11.4. The molecule has 104 valence electrons. The first kappa shape index (κ1) is 19.3. The van der Waals surface area contributed by atoms with Crippen LogP contribution in [0.2, 0.25) is 0 Å². The summed E-state index contributed by atoms with van der Waals surface area (Å²) in [5, 5.41) is 0. The number of hydrogen-bond donors (Lipinski definition) is 1. The van der Waals surface area contributed by atoms with Crippen molar-refractivity contribution < 1.29 is 4.79 Å². The minimum Gasteiger partial charge on any atom is -0.341 e. The van der Waals surface area contributed by atoms with E-state index in [2.05, 4.69) is 18.9 Å². The number of amides is 1. The Labute approximate surface area is 117 Å². The number of carbonyl (C=O) groups is 1. The van der Waals surface area contributed by atoms with Gasteiger partial charge in [-0.3, -0.25) is 4.79 Å². The van der Waals surface area contributed by atoms with Gasteiger partial charge in [-0.25, -0.2) is 0 Å². The van der Waals surface area contributed by atoms with E-state index in [0.717, 1.165) is 32.6 Å². The molecule has 1 heterocycles. The molecule has 1 amide bonds. The Bertz CT molecular complexity index is 217. The van der Waals surface area contributed by atoms with Gasteiger partial charge in [-0.05, 0) is 32.4 Å². The topological polar surface area (TPSA) is 49.6 Å². The molecule has 1 fully saturated rings. The Balaban J connectivity index is 0. The van der Waals surface area contributed by atoms with Gasteiger partial charge in [0.2, 0.25) is 5.91 Å². The van der Waals surface area contributed by atoms with Gasteiger partial charge in [0.05, 0.1) is 6.54 Å². The van der Waals surface area contributed by atoms with Crippen molar-refractivity contribution in [2.45, 2.75) is 19.8 Å². The summed E-state index contributed by atoms with van der Waals surface area (Å²) in [6.07, 6.45) is 2.31. The highest BCUT2D eigenvalue weighted by Gasteiger charge is 2.25. The van der Waals surface area contributed by atoms with Gasteiger partial charge in [-0.15, -0.1) is 24.8 Å². The van der Waals surface area contributed by atoms with E-state index in [4.69, 9.17) is 5.73 Å².